The molecule has 0 aliphatic rings. The second-order valence-electron chi connectivity index (χ2n) is 4.78. The Morgan fingerprint density at radius 1 is 1.17 bits per heavy atom. The number of carbonyl (C=O) groups excluding carboxylic acids is 2. The minimum atomic E-state index is -0.397. The highest BCUT2D eigenvalue weighted by molar-refractivity contribution is 7.07. The van der Waals surface area contributed by atoms with Crippen LogP contribution in [0.2, 0.25) is 0 Å². The maximum Gasteiger partial charge on any atom is 0.312 e. The smallest absolute Gasteiger partial charge is 0.312 e. The van der Waals surface area contributed by atoms with Crippen LogP contribution in [0.4, 0.5) is 5.69 Å². The molecule has 1 aromatic carbocycles. The lowest BCUT2D eigenvalue weighted by atomic mass is 10.3. The van der Waals surface area contributed by atoms with Crippen molar-refractivity contribution in [1.29, 1.82) is 0 Å². The molecule has 0 aliphatic carbocycles. The molecule has 0 amide bonds. The van der Waals surface area contributed by atoms with Gasteiger partial charge in [0.25, 0.3) is 0 Å². The number of benzene rings is 1. The lowest BCUT2D eigenvalue weighted by Gasteiger charge is -2.07. The molecule has 7 heteroatoms. The summed E-state index contributed by atoms with van der Waals surface area (Å²) < 4.78 is 12.1. The summed E-state index contributed by atoms with van der Waals surface area (Å²) in [5, 5.41) is 1.61. The van der Waals surface area contributed by atoms with Crippen LogP contribution in [0, 0.1) is 0 Å². The molecule has 0 saturated heterocycles. The van der Waals surface area contributed by atoms with Crippen molar-refractivity contribution in [3.63, 3.8) is 0 Å². The van der Waals surface area contributed by atoms with Crippen LogP contribution in [0.15, 0.2) is 34.6 Å². The van der Waals surface area contributed by atoms with Gasteiger partial charge in [-0.2, -0.15) is 0 Å². The molecule has 0 fully saturated rings. The third-order valence-electron chi connectivity index (χ3n) is 3.12. The Bertz CT molecular complexity index is 792. The molecule has 2 aromatic rings. The van der Waals surface area contributed by atoms with Gasteiger partial charge in [-0.15, -0.1) is 11.3 Å². The predicted octanol–water partition coefficient (Wildman–Crippen LogP) is 3.55. The number of ether oxygens (including phenoxy) is 2. The average Bonchev–Trinajstić information content (AvgIpc) is 2.98. The van der Waals surface area contributed by atoms with Gasteiger partial charge in [-0.25, -0.2) is 9.56 Å². The van der Waals surface area contributed by atoms with Gasteiger partial charge in [0.1, 0.15) is 11.4 Å². The molecule has 0 saturated carbocycles. The van der Waals surface area contributed by atoms with E-state index in [0.29, 0.717) is 22.8 Å². The number of para-hydroxylation sites is 2. The Labute approximate surface area is 144 Å². The number of rotatable bonds is 6. The highest BCUT2D eigenvalue weighted by atomic mass is 32.1. The first-order valence-electron chi connectivity index (χ1n) is 7.81. The van der Waals surface area contributed by atoms with E-state index in [1.165, 1.54) is 15.9 Å². The maximum absolute atomic E-state index is 12.3. The molecule has 6 nitrogen and oxygen atoms in total. The van der Waals surface area contributed by atoms with Crippen LogP contribution in [0.25, 0.3) is 0 Å². The van der Waals surface area contributed by atoms with Crippen molar-refractivity contribution in [3.8, 4) is 11.6 Å². The maximum atomic E-state index is 12.3. The van der Waals surface area contributed by atoms with E-state index >= 15 is 0 Å². The molecular formula is C17H20N2O4S. The Kier molecular flexibility index (Phi) is 6.31. The third kappa shape index (κ3) is 4.11. The third-order valence-corrected chi connectivity index (χ3v) is 3.92. The van der Waals surface area contributed by atoms with Gasteiger partial charge in [0.05, 0.1) is 12.0 Å². The fourth-order valence-corrected chi connectivity index (χ4v) is 2.76. The molecule has 0 bridgehead atoms. The Morgan fingerprint density at radius 3 is 2.58 bits per heavy atom. The number of hydrogen-bond donors (Lipinski definition) is 0. The summed E-state index contributed by atoms with van der Waals surface area (Å²) in [7, 11) is 0. The number of nitrogens with zero attached hydrogens (tertiary/aromatic N) is 2. The molecule has 1 heterocycles. The number of aromatic nitrogens is 1. The van der Waals surface area contributed by atoms with Gasteiger partial charge < -0.3 is 9.47 Å². The number of thiazole rings is 1. The molecule has 0 aliphatic heterocycles. The van der Waals surface area contributed by atoms with Crippen molar-refractivity contribution in [2.75, 3.05) is 6.61 Å². The molecule has 24 heavy (non-hydrogen) atoms. The predicted molar refractivity (Wildman–Crippen MR) is 92.0 cm³/mol. The standard InChI is InChI=1S/C17H20N2O4S/c1-4-14(20)19-15(23-16(21)5-2)11-24-17(19)18-12-9-7-8-10-13(12)22-6-3/h7-11H,4-6H2,1-3H3. The van der Waals surface area contributed by atoms with Crippen molar-refractivity contribution in [1.82, 2.24) is 4.57 Å². The van der Waals surface area contributed by atoms with E-state index in [1.807, 2.05) is 31.2 Å². The quantitative estimate of drug-likeness (QED) is 0.749. The summed E-state index contributed by atoms with van der Waals surface area (Å²) in [4.78, 5) is 28.8. The monoisotopic (exact) mass is 348 g/mol. The Balaban J connectivity index is 2.54. The molecule has 128 valence electrons. The first kappa shape index (κ1) is 17.9. The van der Waals surface area contributed by atoms with Crippen LogP contribution in [0.1, 0.15) is 38.4 Å². The van der Waals surface area contributed by atoms with Crippen LogP contribution in [-0.4, -0.2) is 23.1 Å². The summed E-state index contributed by atoms with van der Waals surface area (Å²) >= 11 is 1.24. The largest absolute Gasteiger partial charge is 0.492 e. The van der Waals surface area contributed by atoms with E-state index in [1.54, 1.807) is 19.2 Å². The molecule has 0 atom stereocenters. The van der Waals surface area contributed by atoms with E-state index in [4.69, 9.17) is 9.47 Å². The fraction of sp³-hybridized carbons (Fsp3) is 0.353. The van der Waals surface area contributed by atoms with Crippen LogP contribution in [-0.2, 0) is 4.79 Å². The normalized spacial score (nSPS) is 11.4. The van der Waals surface area contributed by atoms with Crippen LogP contribution in [0.5, 0.6) is 11.6 Å². The fourth-order valence-electron chi connectivity index (χ4n) is 1.96. The molecule has 0 unspecified atom stereocenters. The Morgan fingerprint density at radius 2 is 1.92 bits per heavy atom. The van der Waals surface area contributed by atoms with Crippen molar-refractivity contribution in [2.24, 2.45) is 4.99 Å². The van der Waals surface area contributed by atoms with Crippen molar-refractivity contribution < 1.29 is 19.1 Å². The SMILES string of the molecule is CCOc1ccccc1N=c1scc(OC(=O)CC)n1C(=O)CC. The summed E-state index contributed by atoms with van der Waals surface area (Å²) in [6, 6.07) is 7.33. The van der Waals surface area contributed by atoms with Crippen LogP contribution >= 0.6 is 11.3 Å². The zero-order valence-electron chi connectivity index (χ0n) is 13.9. The first-order valence-corrected chi connectivity index (χ1v) is 8.69. The molecule has 1 aromatic heterocycles. The van der Waals surface area contributed by atoms with Crippen LogP contribution < -0.4 is 14.3 Å². The lowest BCUT2D eigenvalue weighted by Crippen LogP contribution is -2.24. The number of hydrogen-bond acceptors (Lipinski definition) is 6. The topological polar surface area (TPSA) is 69.9 Å². The second kappa shape index (κ2) is 8.44. The van der Waals surface area contributed by atoms with E-state index in [2.05, 4.69) is 4.99 Å². The van der Waals surface area contributed by atoms with Gasteiger partial charge in [0, 0.05) is 12.8 Å². The minimum absolute atomic E-state index is 0.192. The van der Waals surface area contributed by atoms with Gasteiger partial charge >= 0.3 is 5.97 Å². The molecule has 0 N–H and O–H groups in total. The summed E-state index contributed by atoms with van der Waals surface area (Å²) in [6.07, 6.45) is 0.503. The van der Waals surface area contributed by atoms with Gasteiger partial charge in [-0.3, -0.25) is 9.59 Å². The number of carbonyl (C=O) groups is 2. The first-order chi connectivity index (χ1) is 11.6. The van der Waals surface area contributed by atoms with Gasteiger partial charge in [0.2, 0.25) is 11.8 Å². The molecule has 2 rings (SSSR count). The zero-order valence-corrected chi connectivity index (χ0v) is 14.8. The highest BCUT2D eigenvalue weighted by Gasteiger charge is 2.16. The zero-order chi connectivity index (χ0) is 17.5. The molecule has 0 radical (unpaired) electrons. The summed E-state index contributed by atoms with van der Waals surface area (Å²) in [5.74, 6) is 0.247. The minimum Gasteiger partial charge on any atom is -0.492 e. The number of esters is 1. The van der Waals surface area contributed by atoms with Gasteiger partial charge in [-0.1, -0.05) is 26.0 Å². The van der Waals surface area contributed by atoms with Crippen LogP contribution in [0.3, 0.4) is 0 Å². The van der Waals surface area contributed by atoms with E-state index < -0.39 is 5.97 Å². The van der Waals surface area contributed by atoms with Crippen molar-refractivity contribution in [3.05, 3.63) is 34.4 Å². The summed E-state index contributed by atoms with van der Waals surface area (Å²) in [5.41, 5.74) is 0.618. The van der Waals surface area contributed by atoms with E-state index in [9.17, 15) is 9.59 Å². The summed E-state index contributed by atoms with van der Waals surface area (Å²) in [6.45, 7) is 5.86. The van der Waals surface area contributed by atoms with Gasteiger partial charge in [0.15, 0.2) is 4.80 Å². The van der Waals surface area contributed by atoms with E-state index in [0.717, 1.165) is 0 Å². The molecule has 0 spiro atoms. The van der Waals surface area contributed by atoms with E-state index in [-0.39, 0.29) is 24.6 Å². The van der Waals surface area contributed by atoms with Crippen molar-refractivity contribution >= 4 is 28.9 Å². The second-order valence-corrected chi connectivity index (χ2v) is 5.62. The lowest BCUT2D eigenvalue weighted by molar-refractivity contribution is -0.134. The van der Waals surface area contributed by atoms with Crippen molar-refractivity contribution in [2.45, 2.75) is 33.6 Å². The Hall–Kier alpha value is -2.41. The average molecular weight is 348 g/mol. The highest BCUT2D eigenvalue weighted by Crippen LogP contribution is 2.26. The molecular weight excluding hydrogens is 328 g/mol. The van der Waals surface area contributed by atoms with Gasteiger partial charge in [-0.05, 0) is 19.1 Å².